The molecule has 2 N–H and O–H groups in total. The van der Waals surface area contributed by atoms with Gasteiger partial charge in [0.2, 0.25) is 0 Å². The predicted octanol–water partition coefficient (Wildman–Crippen LogP) is 3.69. The van der Waals surface area contributed by atoms with E-state index in [4.69, 9.17) is 16.0 Å². The Morgan fingerprint density at radius 1 is 1.17 bits per heavy atom. The molecule has 2 heterocycles. The summed E-state index contributed by atoms with van der Waals surface area (Å²) in [5.41, 5.74) is 2.33. The van der Waals surface area contributed by atoms with Crippen molar-refractivity contribution in [2.45, 2.75) is 0 Å². The number of nitrogens with one attached hydrogen (secondary N) is 2. The summed E-state index contributed by atoms with van der Waals surface area (Å²) in [7, 11) is 0. The van der Waals surface area contributed by atoms with Crippen LogP contribution in [0.4, 0.5) is 5.69 Å². The number of hydrogen-bond donors (Lipinski definition) is 2. The van der Waals surface area contributed by atoms with Crippen LogP contribution in [0, 0.1) is 0 Å². The minimum atomic E-state index is -0.300. The lowest BCUT2D eigenvalue weighted by molar-refractivity contribution is 0.0998. The van der Waals surface area contributed by atoms with E-state index in [0.29, 0.717) is 16.3 Å². The van der Waals surface area contributed by atoms with Crippen molar-refractivity contribution in [1.29, 1.82) is 0 Å². The molecule has 120 valence electrons. The zero-order valence-electron chi connectivity index (χ0n) is 12.7. The molecule has 0 unspecified atom stereocenters. The Morgan fingerprint density at radius 2 is 2.00 bits per heavy atom. The van der Waals surface area contributed by atoms with Crippen LogP contribution in [0.1, 0.15) is 16.1 Å². The highest BCUT2D eigenvalue weighted by Gasteiger charge is 2.13. The fourth-order valence-corrected chi connectivity index (χ4v) is 2.80. The average molecular weight is 340 g/mol. The summed E-state index contributed by atoms with van der Waals surface area (Å²) in [6, 6.07) is 14.5. The van der Waals surface area contributed by atoms with Gasteiger partial charge in [0.15, 0.2) is 5.76 Å². The fraction of sp³-hybridized carbons (Fsp3) is 0.111. The number of furan rings is 1. The summed E-state index contributed by atoms with van der Waals surface area (Å²) in [6.45, 7) is 1.66. The summed E-state index contributed by atoms with van der Waals surface area (Å²) < 4.78 is 5.56. The van der Waals surface area contributed by atoms with Gasteiger partial charge in [0, 0.05) is 28.2 Å². The highest BCUT2D eigenvalue weighted by Crippen LogP contribution is 2.23. The molecule has 0 saturated carbocycles. The molecule has 0 radical (unpaired) electrons. The van der Waals surface area contributed by atoms with E-state index in [0.717, 1.165) is 29.9 Å². The molecule has 0 spiro atoms. The smallest absolute Gasteiger partial charge is 0.291 e. The standard InChI is InChI=1S/C18H14ClN3O2/c19-13-3-6-15-12(9-13)10-16(24-15)18(23)22-14-4-1-11(2-5-14)17-20-7-8-21-17/h1-6,9-10H,7-8H2,(H,20,21)(H,22,23). The predicted molar refractivity (Wildman–Crippen MR) is 95.0 cm³/mol. The minimum absolute atomic E-state index is 0.248. The van der Waals surface area contributed by atoms with Crippen molar-refractivity contribution < 1.29 is 9.21 Å². The molecular weight excluding hydrogens is 326 g/mol. The molecule has 0 bridgehead atoms. The Kier molecular flexibility index (Phi) is 3.70. The van der Waals surface area contributed by atoms with Crippen LogP contribution in [0.5, 0.6) is 0 Å². The number of halogens is 1. The van der Waals surface area contributed by atoms with Crippen molar-refractivity contribution in [1.82, 2.24) is 5.32 Å². The van der Waals surface area contributed by atoms with Crippen molar-refractivity contribution in [3.63, 3.8) is 0 Å². The fourth-order valence-electron chi connectivity index (χ4n) is 2.62. The topological polar surface area (TPSA) is 66.6 Å². The van der Waals surface area contributed by atoms with Crippen molar-refractivity contribution in [2.24, 2.45) is 4.99 Å². The maximum Gasteiger partial charge on any atom is 0.291 e. The first-order valence-corrected chi connectivity index (χ1v) is 7.96. The van der Waals surface area contributed by atoms with E-state index in [1.54, 1.807) is 24.3 Å². The largest absolute Gasteiger partial charge is 0.451 e. The van der Waals surface area contributed by atoms with Crippen molar-refractivity contribution in [3.8, 4) is 0 Å². The Balaban J connectivity index is 1.52. The molecule has 24 heavy (non-hydrogen) atoms. The van der Waals surface area contributed by atoms with E-state index in [-0.39, 0.29) is 11.7 Å². The van der Waals surface area contributed by atoms with E-state index in [1.165, 1.54) is 0 Å². The van der Waals surface area contributed by atoms with Gasteiger partial charge in [0.25, 0.3) is 5.91 Å². The van der Waals surface area contributed by atoms with Gasteiger partial charge in [-0.2, -0.15) is 0 Å². The number of amides is 1. The summed E-state index contributed by atoms with van der Waals surface area (Å²) in [6.07, 6.45) is 0. The average Bonchev–Trinajstić information content (AvgIpc) is 3.24. The number of carbonyl (C=O) groups is 1. The minimum Gasteiger partial charge on any atom is -0.451 e. The number of rotatable bonds is 3. The molecule has 0 fully saturated rings. The van der Waals surface area contributed by atoms with Crippen LogP contribution in [0.25, 0.3) is 11.0 Å². The van der Waals surface area contributed by atoms with E-state index in [1.807, 2.05) is 24.3 Å². The van der Waals surface area contributed by atoms with Crippen LogP contribution in [0.15, 0.2) is 57.9 Å². The number of anilines is 1. The number of amidine groups is 1. The lowest BCUT2D eigenvalue weighted by atomic mass is 10.2. The molecule has 0 saturated heterocycles. The highest BCUT2D eigenvalue weighted by molar-refractivity contribution is 6.31. The van der Waals surface area contributed by atoms with Crippen LogP contribution >= 0.6 is 11.6 Å². The van der Waals surface area contributed by atoms with E-state index in [2.05, 4.69) is 15.6 Å². The monoisotopic (exact) mass is 339 g/mol. The van der Waals surface area contributed by atoms with Gasteiger partial charge in [0.05, 0.1) is 6.54 Å². The van der Waals surface area contributed by atoms with Gasteiger partial charge in [-0.25, -0.2) is 0 Å². The van der Waals surface area contributed by atoms with Crippen molar-refractivity contribution in [3.05, 3.63) is 64.9 Å². The molecule has 5 nitrogen and oxygen atoms in total. The molecule has 4 rings (SSSR count). The zero-order valence-corrected chi connectivity index (χ0v) is 13.4. The summed E-state index contributed by atoms with van der Waals surface area (Å²) >= 11 is 5.95. The van der Waals surface area contributed by atoms with Crippen LogP contribution in [0.2, 0.25) is 5.02 Å². The van der Waals surface area contributed by atoms with Gasteiger partial charge >= 0.3 is 0 Å². The Bertz CT molecular complexity index is 945. The highest BCUT2D eigenvalue weighted by atomic mass is 35.5. The molecule has 0 aliphatic carbocycles. The lowest BCUT2D eigenvalue weighted by Crippen LogP contribution is -2.19. The molecule has 1 amide bonds. The number of fused-ring (bicyclic) bond motifs is 1. The summed E-state index contributed by atoms with van der Waals surface area (Å²) in [5, 5.41) is 7.45. The molecule has 1 aromatic heterocycles. The number of aliphatic imine (C=N–C) groups is 1. The van der Waals surface area contributed by atoms with E-state index >= 15 is 0 Å². The van der Waals surface area contributed by atoms with E-state index in [9.17, 15) is 4.79 Å². The molecule has 1 aliphatic heterocycles. The first-order valence-electron chi connectivity index (χ1n) is 7.58. The number of hydrogen-bond acceptors (Lipinski definition) is 4. The summed E-state index contributed by atoms with van der Waals surface area (Å²) in [4.78, 5) is 16.7. The van der Waals surface area contributed by atoms with Gasteiger partial charge < -0.3 is 15.1 Å². The number of carbonyl (C=O) groups excluding carboxylic acids is 1. The summed E-state index contributed by atoms with van der Waals surface area (Å²) in [5.74, 6) is 0.839. The zero-order chi connectivity index (χ0) is 16.5. The molecule has 0 atom stereocenters. The van der Waals surface area contributed by atoms with Gasteiger partial charge in [-0.05, 0) is 48.5 Å². The second kappa shape index (κ2) is 6.02. The second-order valence-corrected chi connectivity index (χ2v) is 5.92. The normalized spacial score (nSPS) is 13.6. The Morgan fingerprint density at radius 3 is 2.75 bits per heavy atom. The third-order valence-corrected chi connectivity index (χ3v) is 4.03. The number of benzene rings is 2. The maximum atomic E-state index is 12.3. The third kappa shape index (κ3) is 2.86. The molecule has 1 aliphatic rings. The molecular formula is C18H14ClN3O2. The first kappa shape index (κ1) is 14.8. The Labute approximate surface area is 143 Å². The lowest BCUT2D eigenvalue weighted by Gasteiger charge is -2.05. The number of nitrogens with zero attached hydrogens (tertiary/aromatic N) is 1. The van der Waals surface area contributed by atoms with Crippen LogP contribution in [-0.4, -0.2) is 24.8 Å². The quantitative estimate of drug-likeness (QED) is 0.764. The second-order valence-electron chi connectivity index (χ2n) is 5.48. The Hall–Kier alpha value is -2.79. The van der Waals surface area contributed by atoms with Gasteiger partial charge in [-0.1, -0.05) is 11.6 Å². The van der Waals surface area contributed by atoms with Crippen molar-refractivity contribution >= 4 is 40.0 Å². The van der Waals surface area contributed by atoms with Crippen LogP contribution in [-0.2, 0) is 0 Å². The molecule has 2 aromatic carbocycles. The van der Waals surface area contributed by atoms with Gasteiger partial charge in [-0.3, -0.25) is 9.79 Å². The van der Waals surface area contributed by atoms with Gasteiger partial charge in [0.1, 0.15) is 11.4 Å². The molecule has 3 aromatic rings. The van der Waals surface area contributed by atoms with Crippen molar-refractivity contribution in [2.75, 3.05) is 18.4 Å². The molecule has 6 heteroatoms. The van der Waals surface area contributed by atoms with Crippen LogP contribution < -0.4 is 10.6 Å². The first-order chi connectivity index (χ1) is 11.7. The third-order valence-electron chi connectivity index (χ3n) is 3.79. The van der Waals surface area contributed by atoms with E-state index < -0.39 is 0 Å². The maximum absolute atomic E-state index is 12.3. The van der Waals surface area contributed by atoms with Crippen LogP contribution in [0.3, 0.4) is 0 Å². The SMILES string of the molecule is O=C(Nc1ccc(C2=NCCN2)cc1)c1cc2cc(Cl)ccc2o1. The van der Waals surface area contributed by atoms with Gasteiger partial charge in [-0.15, -0.1) is 0 Å².